The molecule has 6 heteroatoms. The molecule has 4 N–H and O–H groups in total. The summed E-state index contributed by atoms with van der Waals surface area (Å²) in [7, 11) is 0. The number of aryl methyl sites for hydroxylation is 2. The molecule has 0 radical (unpaired) electrons. The first-order valence-electron chi connectivity index (χ1n) is 9.39. The van der Waals surface area contributed by atoms with Crippen LogP contribution in [0.3, 0.4) is 0 Å². The van der Waals surface area contributed by atoms with Crippen molar-refractivity contribution in [1.82, 2.24) is 10.6 Å². The smallest absolute Gasteiger partial charge is 0.261 e. The van der Waals surface area contributed by atoms with E-state index in [1.165, 1.54) is 16.0 Å². The monoisotopic (exact) mass is 394 g/mol. The molecular weight excluding hydrogens is 360 g/mol. The molecule has 1 aromatic carbocycles. The van der Waals surface area contributed by atoms with Crippen LogP contribution in [0.5, 0.6) is 0 Å². The fourth-order valence-electron chi connectivity index (χ4n) is 3.14. The van der Waals surface area contributed by atoms with Gasteiger partial charge in [-0.3, -0.25) is 4.79 Å². The Kier molecular flexibility index (Phi) is 8.44. The van der Waals surface area contributed by atoms with Crippen molar-refractivity contribution < 1.29 is 17.9 Å². The summed E-state index contributed by atoms with van der Waals surface area (Å²) >= 11 is 1.63. The van der Waals surface area contributed by atoms with Gasteiger partial charge in [-0.15, -0.1) is 11.3 Å². The van der Waals surface area contributed by atoms with E-state index in [-0.39, 0.29) is 20.3 Å². The number of ether oxygens (including phenoxy) is 1. The molecule has 0 saturated heterocycles. The lowest BCUT2D eigenvalue weighted by molar-refractivity contribution is 0.0687. The normalized spacial score (nSPS) is 17.9. The first-order valence-corrected chi connectivity index (χ1v) is 10.2. The third kappa shape index (κ3) is 6.43. The van der Waals surface area contributed by atoms with Gasteiger partial charge in [0.15, 0.2) is 0 Å². The average Bonchev–Trinajstić information content (AvgIpc) is 3.01. The first kappa shape index (κ1) is 21.6. The summed E-state index contributed by atoms with van der Waals surface area (Å²) in [5.74, 6) is 0.0156. The Labute approximate surface area is 168 Å². The van der Waals surface area contributed by atoms with Gasteiger partial charge in [0.25, 0.3) is 5.91 Å². The van der Waals surface area contributed by atoms with Crippen molar-refractivity contribution in [3.8, 4) is 0 Å². The highest BCUT2D eigenvalue weighted by molar-refractivity contribution is 7.14. The van der Waals surface area contributed by atoms with Crippen molar-refractivity contribution >= 4 is 17.2 Å². The van der Waals surface area contributed by atoms with Gasteiger partial charge in [-0.1, -0.05) is 29.8 Å². The third-order valence-electron chi connectivity index (χ3n) is 4.64. The lowest BCUT2D eigenvalue weighted by Crippen LogP contribution is -2.23. The highest BCUT2D eigenvalue weighted by Gasteiger charge is 2.17. The zero-order valence-electron chi connectivity index (χ0n) is 16.1. The second kappa shape index (κ2) is 10.6. The van der Waals surface area contributed by atoms with Gasteiger partial charge in [0.05, 0.1) is 17.6 Å². The maximum absolute atomic E-state index is 12.6. The van der Waals surface area contributed by atoms with Crippen LogP contribution in [0.4, 0.5) is 0 Å². The van der Waals surface area contributed by atoms with Gasteiger partial charge in [0, 0.05) is 20.8 Å². The van der Waals surface area contributed by atoms with Crippen LogP contribution >= 0.6 is 11.3 Å². The molecule has 2 aromatic rings. The van der Waals surface area contributed by atoms with Crippen LogP contribution in [0.15, 0.2) is 30.3 Å². The van der Waals surface area contributed by atoms with E-state index in [1.807, 2.05) is 0 Å². The number of hydrogen-bond donors (Lipinski definition) is 2. The van der Waals surface area contributed by atoms with E-state index < -0.39 is 0 Å². The molecule has 2 heterocycles. The summed E-state index contributed by atoms with van der Waals surface area (Å²) in [6.45, 7) is 7.37. The van der Waals surface area contributed by atoms with Crippen molar-refractivity contribution in [2.45, 2.75) is 45.8 Å². The predicted octanol–water partition coefficient (Wildman–Crippen LogP) is 3.14. The fraction of sp³-hybridized carbons (Fsp3) is 0.476. The van der Waals surface area contributed by atoms with Crippen molar-refractivity contribution in [3.63, 3.8) is 0 Å². The highest BCUT2D eigenvalue weighted by atomic mass is 32.1. The van der Waals surface area contributed by atoms with E-state index in [1.54, 1.807) is 11.3 Å². The van der Waals surface area contributed by atoms with Crippen LogP contribution in [0.2, 0.25) is 0 Å². The Balaban J connectivity index is 0.00000261. The van der Waals surface area contributed by atoms with E-state index in [0.29, 0.717) is 6.54 Å². The van der Waals surface area contributed by atoms with Crippen LogP contribution < -0.4 is 10.6 Å². The number of rotatable bonds is 3. The molecule has 5 nitrogen and oxygen atoms in total. The molecule has 27 heavy (non-hydrogen) atoms. The van der Waals surface area contributed by atoms with Gasteiger partial charge in [0.1, 0.15) is 0 Å². The Bertz CT molecular complexity index is 738. The van der Waals surface area contributed by atoms with Crippen LogP contribution in [0, 0.1) is 6.92 Å². The van der Waals surface area contributed by atoms with Crippen LogP contribution in [0.1, 0.15) is 47.4 Å². The van der Waals surface area contributed by atoms with Gasteiger partial charge >= 0.3 is 0 Å². The summed E-state index contributed by atoms with van der Waals surface area (Å²) in [6.07, 6.45) is 3.15. The van der Waals surface area contributed by atoms with Gasteiger partial charge < -0.3 is 20.8 Å². The largest absolute Gasteiger partial charge is 0.412 e. The molecule has 0 bridgehead atoms. The molecule has 0 aliphatic carbocycles. The van der Waals surface area contributed by atoms with E-state index in [9.17, 15) is 4.79 Å². The standard InChI is InChI=1S/C21H28N2O2S.H2O.2H2/c1-15-5-7-17(8-6-15)14-23-21(24)20-13-18-12-16(2)25-11-10-22-9-3-4-19(18)26-20;;;/h5-8,13,16,22H,3-4,9-12,14H2,1-2H3,(H,23,24);1H2;2*1H/t16-;;;/m1.../s1. The molecule has 1 aliphatic heterocycles. The molecule has 1 amide bonds. The molecule has 152 valence electrons. The van der Waals surface area contributed by atoms with Crippen molar-refractivity contribution in [3.05, 3.63) is 56.8 Å². The minimum atomic E-state index is 0. The number of amides is 1. The summed E-state index contributed by atoms with van der Waals surface area (Å²) in [6, 6.07) is 10.3. The Morgan fingerprint density at radius 1 is 1.33 bits per heavy atom. The van der Waals surface area contributed by atoms with Gasteiger partial charge in [0.2, 0.25) is 0 Å². The van der Waals surface area contributed by atoms with Crippen LogP contribution in [-0.4, -0.2) is 37.2 Å². The fourth-order valence-corrected chi connectivity index (χ4v) is 4.29. The first-order chi connectivity index (χ1) is 12.6. The summed E-state index contributed by atoms with van der Waals surface area (Å²) < 4.78 is 5.86. The Morgan fingerprint density at radius 2 is 2.11 bits per heavy atom. The van der Waals surface area contributed by atoms with Crippen LogP contribution in [-0.2, 0) is 24.1 Å². The number of carbonyl (C=O) groups excluding carboxylic acids is 1. The molecule has 1 atom stereocenters. The molecule has 1 aliphatic rings. The van der Waals surface area contributed by atoms with Crippen molar-refractivity contribution in [2.24, 2.45) is 0 Å². The number of carbonyl (C=O) groups is 1. The molecule has 1 aromatic heterocycles. The molecular formula is C21H34N2O3S. The van der Waals surface area contributed by atoms with E-state index in [2.05, 4.69) is 54.8 Å². The summed E-state index contributed by atoms with van der Waals surface area (Å²) in [5, 5.41) is 6.46. The van der Waals surface area contributed by atoms with Gasteiger partial charge in [-0.2, -0.15) is 0 Å². The van der Waals surface area contributed by atoms with Crippen molar-refractivity contribution in [1.29, 1.82) is 0 Å². The quantitative estimate of drug-likeness (QED) is 0.839. The number of nitrogens with one attached hydrogen (secondary N) is 2. The van der Waals surface area contributed by atoms with Gasteiger partial charge in [-0.05, 0) is 56.8 Å². The second-order valence-corrected chi connectivity index (χ2v) is 8.10. The molecule has 0 fully saturated rings. The van der Waals surface area contributed by atoms with Crippen molar-refractivity contribution in [2.75, 3.05) is 19.7 Å². The molecule has 0 saturated carbocycles. The Morgan fingerprint density at radius 3 is 2.89 bits per heavy atom. The zero-order valence-corrected chi connectivity index (χ0v) is 17.0. The lowest BCUT2D eigenvalue weighted by Gasteiger charge is -2.12. The third-order valence-corrected chi connectivity index (χ3v) is 5.88. The van der Waals surface area contributed by atoms with E-state index in [4.69, 9.17) is 4.74 Å². The topological polar surface area (TPSA) is 81.9 Å². The average molecular weight is 395 g/mol. The maximum Gasteiger partial charge on any atom is 0.261 e. The summed E-state index contributed by atoms with van der Waals surface area (Å²) in [5.41, 5.74) is 3.62. The molecule has 0 spiro atoms. The number of benzene rings is 1. The Hall–Kier alpha value is -1.73. The second-order valence-electron chi connectivity index (χ2n) is 6.97. The minimum Gasteiger partial charge on any atom is -0.412 e. The molecule has 3 rings (SSSR count). The molecule has 0 unspecified atom stereocenters. The van der Waals surface area contributed by atoms with E-state index >= 15 is 0 Å². The lowest BCUT2D eigenvalue weighted by atomic mass is 10.1. The van der Waals surface area contributed by atoms with E-state index in [0.717, 1.165) is 49.4 Å². The van der Waals surface area contributed by atoms with Gasteiger partial charge in [-0.25, -0.2) is 0 Å². The number of thiophene rings is 1. The summed E-state index contributed by atoms with van der Waals surface area (Å²) in [4.78, 5) is 14.7. The zero-order chi connectivity index (χ0) is 18.4. The maximum atomic E-state index is 12.6. The highest BCUT2D eigenvalue weighted by Crippen LogP contribution is 2.26. The predicted molar refractivity (Wildman–Crippen MR) is 115 cm³/mol. The van der Waals surface area contributed by atoms with Crippen LogP contribution in [0.25, 0.3) is 0 Å². The number of hydrogen-bond acceptors (Lipinski definition) is 4. The SMILES string of the molecule is Cc1ccc(CNC(=O)c2cc3c(s2)CCCNCCO[C@H](C)C3)cc1.O.[HH].[HH]. The minimum absolute atomic E-state index is 0. The number of fused-ring (bicyclic) bond motifs is 1.